The normalized spacial score (nSPS) is 11.4. The van der Waals surface area contributed by atoms with Crippen molar-refractivity contribution in [1.82, 2.24) is 15.6 Å². The molecule has 0 aliphatic rings. The highest BCUT2D eigenvalue weighted by atomic mass is 127. The first-order chi connectivity index (χ1) is 14.4. The van der Waals surface area contributed by atoms with Crippen molar-refractivity contribution in [3.63, 3.8) is 0 Å². The maximum absolute atomic E-state index is 12.3. The molecule has 0 aliphatic heterocycles. The Labute approximate surface area is 196 Å². The third-order valence-electron chi connectivity index (χ3n) is 3.85. The van der Waals surface area contributed by atoms with E-state index in [4.69, 9.17) is 14.2 Å². The molecular weight excluding hydrogens is 528 g/mol. The molecule has 0 saturated heterocycles. The highest BCUT2D eigenvalue weighted by Gasteiger charge is 2.26. The zero-order chi connectivity index (χ0) is 22.0. The fraction of sp³-hybridized carbons (Fsp3) is 0.400. The lowest BCUT2D eigenvalue weighted by atomic mass is 10.3. The van der Waals surface area contributed by atoms with Gasteiger partial charge in [-0.1, -0.05) is 12.1 Å². The van der Waals surface area contributed by atoms with Crippen molar-refractivity contribution in [2.45, 2.75) is 26.1 Å². The lowest BCUT2D eigenvalue weighted by Crippen LogP contribution is -2.38. The summed E-state index contributed by atoms with van der Waals surface area (Å²) in [6, 6.07) is 8.71. The lowest BCUT2D eigenvalue weighted by molar-refractivity contribution is -0.132. The SMILES string of the molecule is CCNC(=NCc1ccc(Oc2c(OC)cccc2OC)nc1)NCCC(F)(F)F.I. The van der Waals surface area contributed by atoms with Crippen LogP contribution < -0.4 is 24.8 Å². The van der Waals surface area contributed by atoms with Gasteiger partial charge in [-0.2, -0.15) is 13.2 Å². The predicted octanol–water partition coefficient (Wildman–Crippen LogP) is 4.52. The Kier molecular flexibility index (Phi) is 11.2. The smallest absolute Gasteiger partial charge is 0.390 e. The molecule has 0 atom stereocenters. The molecule has 31 heavy (non-hydrogen) atoms. The zero-order valence-electron chi connectivity index (χ0n) is 17.5. The summed E-state index contributed by atoms with van der Waals surface area (Å²) in [6.07, 6.45) is -3.56. The molecule has 0 amide bonds. The number of nitrogens with one attached hydrogen (secondary N) is 2. The van der Waals surface area contributed by atoms with E-state index in [0.717, 1.165) is 5.56 Å². The molecule has 1 heterocycles. The lowest BCUT2D eigenvalue weighted by Gasteiger charge is -2.13. The van der Waals surface area contributed by atoms with E-state index in [0.29, 0.717) is 35.6 Å². The molecule has 0 saturated carbocycles. The van der Waals surface area contributed by atoms with Gasteiger partial charge < -0.3 is 24.8 Å². The van der Waals surface area contributed by atoms with Crippen molar-refractivity contribution < 1.29 is 27.4 Å². The Hall–Kier alpha value is -2.44. The topological polar surface area (TPSA) is 77.0 Å². The number of guanidine groups is 1. The van der Waals surface area contributed by atoms with E-state index in [1.54, 1.807) is 36.5 Å². The van der Waals surface area contributed by atoms with Crippen molar-refractivity contribution in [1.29, 1.82) is 0 Å². The fourth-order valence-corrected chi connectivity index (χ4v) is 2.42. The van der Waals surface area contributed by atoms with E-state index in [2.05, 4.69) is 20.6 Å². The van der Waals surface area contributed by atoms with E-state index in [-0.39, 0.29) is 37.1 Å². The number of hydrogen-bond acceptors (Lipinski definition) is 5. The second-order valence-electron chi connectivity index (χ2n) is 6.09. The van der Waals surface area contributed by atoms with E-state index in [1.807, 2.05) is 6.92 Å². The molecule has 172 valence electrons. The van der Waals surface area contributed by atoms with Crippen LogP contribution in [0.5, 0.6) is 23.1 Å². The van der Waals surface area contributed by atoms with Crippen LogP contribution >= 0.6 is 24.0 Å². The van der Waals surface area contributed by atoms with Gasteiger partial charge in [0.25, 0.3) is 0 Å². The Bertz CT molecular complexity index is 811. The number of aromatic nitrogens is 1. The molecule has 0 bridgehead atoms. The van der Waals surface area contributed by atoms with Gasteiger partial charge in [-0.15, -0.1) is 24.0 Å². The third kappa shape index (κ3) is 9.07. The highest BCUT2D eigenvalue weighted by Crippen LogP contribution is 2.39. The average molecular weight is 554 g/mol. The minimum absolute atomic E-state index is 0. The molecule has 7 nitrogen and oxygen atoms in total. The van der Waals surface area contributed by atoms with Crippen LogP contribution in [-0.4, -0.2) is 44.4 Å². The molecule has 2 N–H and O–H groups in total. The van der Waals surface area contributed by atoms with Crippen LogP contribution in [0.2, 0.25) is 0 Å². The van der Waals surface area contributed by atoms with Crippen LogP contribution in [-0.2, 0) is 6.54 Å². The first-order valence-corrected chi connectivity index (χ1v) is 9.29. The molecule has 0 spiro atoms. The summed E-state index contributed by atoms with van der Waals surface area (Å²) in [7, 11) is 3.06. The summed E-state index contributed by atoms with van der Waals surface area (Å²) in [4.78, 5) is 8.53. The number of pyridine rings is 1. The maximum atomic E-state index is 12.3. The van der Waals surface area contributed by atoms with Gasteiger partial charge in [-0.25, -0.2) is 9.98 Å². The van der Waals surface area contributed by atoms with Gasteiger partial charge in [0.1, 0.15) is 0 Å². The predicted molar refractivity (Wildman–Crippen MR) is 123 cm³/mol. The molecule has 2 rings (SSSR count). The summed E-state index contributed by atoms with van der Waals surface area (Å²) in [5, 5.41) is 5.57. The van der Waals surface area contributed by atoms with Crippen LogP contribution in [0.1, 0.15) is 18.9 Å². The Balaban J connectivity index is 0.00000480. The van der Waals surface area contributed by atoms with Crippen molar-refractivity contribution in [2.24, 2.45) is 4.99 Å². The number of alkyl halides is 3. The second kappa shape index (κ2) is 13.1. The van der Waals surface area contributed by atoms with Crippen molar-refractivity contribution in [3.8, 4) is 23.1 Å². The molecule has 0 fully saturated rings. The second-order valence-corrected chi connectivity index (χ2v) is 6.09. The summed E-state index contributed by atoms with van der Waals surface area (Å²) in [5.74, 6) is 2.06. The van der Waals surface area contributed by atoms with Crippen molar-refractivity contribution >= 4 is 29.9 Å². The molecule has 0 radical (unpaired) electrons. The molecule has 0 unspecified atom stereocenters. The number of aliphatic imine (C=N–C) groups is 1. The number of ether oxygens (including phenoxy) is 3. The summed E-state index contributed by atoms with van der Waals surface area (Å²) in [5.41, 5.74) is 0.766. The number of methoxy groups -OCH3 is 2. The number of benzene rings is 1. The van der Waals surface area contributed by atoms with E-state index in [1.165, 1.54) is 14.2 Å². The largest absolute Gasteiger partial charge is 0.493 e. The average Bonchev–Trinajstić information content (AvgIpc) is 2.72. The highest BCUT2D eigenvalue weighted by molar-refractivity contribution is 14.0. The molecule has 11 heteroatoms. The van der Waals surface area contributed by atoms with Gasteiger partial charge in [0.05, 0.1) is 27.2 Å². The van der Waals surface area contributed by atoms with Gasteiger partial charge in [-0.05, 0) is 24.6 Å². The van der Waals surface area contributed by atoms with E-state index < -0.39 is 12.6 Å². The molecule has 1 aromatic carbocycles. The Morgan fingerprint density at radius 2 is 1.74 bits per heavy atom. The number of halogens is 4. The van der Waals surface area contributed by atoms with Gasteiger partial charge in [0.2, 0.25) is 11.6 Å². The fourth-order valence-electron chi connectivity index (χ4n) is 2.42. The number of rotatable bonds is 9. The van der Waals surface area contributed by atoms with Crippen LogP contribution in [0.25, 0.3) is 0 Å². The van der Waals surface area contributed by atoms with E-state index >= 15 is 0 Å². The van der Waals surface area contributed by atoms with Gasteiger partial charge >= 0.3 is 6.18 Å². The minimum Gasteiger partial charge on any atom is -0.493 e. The molecule has 1 aromatic heterocycles. The van der Waals surface area contributed by atoms with Crippen LogP contribution in [0, 0.1) is 0 Å². The number of para-hydroxylation sites is 1. The van der Waals surface area contributed by atoms with Crippen molar-refractivity contribution in [3.05, 3.63) is 42.1 Å². The Morgan fingerprint density at radius 1 is 1.06 bits per heavy atom. The van der Waals surface area contributed by atoms with Gasteiger partial charge in [0.15, 0.2) is 17.5 Å². The van der Waals surface area contributed by atoms with Crippen LogP contribution in [0.4, 0.5) is 13.2 Å². The maximum Gasteiger partial charge on any atom is 0.390 e. The van der Waals surface area contributed by atoms with E-state index in [9.17, 15) is 13.2 Å². The Morgan fingerprint density at radius 3 is 2.26 bits per heavy atom. The summed E-state index contributed by atoms with van der Waals surface area (Å²) in [6.45, 7) is 2.36. The monoisotopic (exact) mass is 554 g/mol. The molecule has 0 aliphatic carbocycles. The number of hydrogen-bond donors (Lipinski definition) is 2. The first-order valence-electron chi connectivity index (χ1n) is 9.29. The van der Waals surface area contributed by atoms with Crippen molar-refractivity contribution in [2.75, 3.05) is 27.3 Å². The van der Waals surface area contributed by atoms with Gasteiger partial charge in [-0.3, -0.25) is 0 Å². The summed E-state index contributed by atoms with van der Waals surface area (Å²) >= 11 is 0. The minimum atomic E-state index is -4.21. The zero-order valence-corrected chi connectivity index (χ0v) is 19.8. The summed E-state index contributed by atoms with van der Waals surface area (Å²) < 4.78 is 53.3. The quantitative estimate of drug-likeness (QED) is 0.270. The standard InChI is InChI=1S/C20H25F3N4O3.HI/c1-4-24-19(25-11-10-20(21,22)23)27-13-14-8-9-17(26-12-14)30-18-15(28-2)6-5-7-16(18)29-3;/h5-9,12H,4,10-11,13H2,1-3H3,(H2,24,25,27);1H. The third-order valence-corrected chi connectivity index (χ3v) is 3.85. The van der Waals surface area contributed by atoms with Gasteiger partial charge in [0, 0.05) is 25.4 Å². The molecular formula is C20H26F3IN4O3. The number of nitrogens with zero attached hydrogens (tertiary/aromatic N) is 2. The van der Waals surface area contributed by atoms with Crippen LogP contribution in [0.3, 0.4) is 0 Å². The first kappa shape index (κ1) is 26.6. The van der Waals surface area contributed by atoms with Crippen LogP contribution in [0.15, 0.2) is 41.5 Å². The molecule has 2 aromatic rings.